The minimum Gasteiger partial charge on any atom is -0.495 e. The average Bonchev–Trinajstić information content (AvgIpc) is 3.17. The maximum Gasteiger partial charge on any atom is 0.169 e. The average molecular weight is 427 g/mol. The molecule has 1 aromatic carbocycles. The lowest BCUT2D eigenvalue weighted by Crippen LogP contribution is -2.25. The van der Waals surface area contributed by atoms with Crippen LogP contribution in [0.2, 0.25) is 5.02 Å². The summed E-state index contributed by atoms with van der Waals surface area (Å²) in [6, 6.07) is 13.8. The zero-order valence-electron chi connectivity index (χ0n) is 16.8. The predicted octanol–water partition coefficient (Wildman–Crippen LogP) is 4.75. The smallest absolute Gasteiger partial charge is 0.169 e. The lowest BCUT2D eigenvalue weighted by Gasteiger charge is -2.24. The normalized spacial score (nSPS) is 18.8. The molecule has 0 bridgehead atoms. The van der Waals surface area contributed by atoms with Gasteiger partial charge in [0.25, 0.3) is 0 Å². The second-order valence-electron chi connectivity index (χ2n) is 7.22. The Hall–Kier alpha value is -2.57. The summed E-state index contributed by atoms with van der Waals surface area (Å²) in [5.41, 5.74) is 5.30. The van der Waals surface area contributed by atoms with Gasteiger partial charge in [-0.3, -0.25) is 4.98 Å². The van der Waals surface area contributed by atoms with Crippen LogP contribution in [0.3, 0.4) is 0 Å². The Morgan fingerprint density at radius 3 is 2.66 bits per heavy atom. The lowest BCUT2D eigenvalue weighted by molar-refractivity contribution is 0.367. The predicted molar refractivity (Wildman–Crippen MR) is 120 cm³/mol. The van der Waals surface area contributed by atoms with Crippen molar-refractivity contribution in [2.75, 3.05) is 14.2 Å². The van der Waals surface area contributed by atoms with Crippen LogP contribution in [0.1, 0.15) is 34.7 Å². The van der Waals surface area contributed by atoms with Gasteiger partial charge in [0.05, 0.1) is 30.6 Å². The molecule has 0 radical (unpaired) electrons. The molecule has 29 heavy (non-hydrogen) atoms. The Kier molecular flexibility index (Phi) is 5.23. The zero-order chi connectivity index (χ0) is 20.7. The third-order valence-electron chi connectivity index (χ3n) is 5.51. The lowest BCUT2D eigenvalue weighted by atomic mass is 9.97. The Bertz CT molecular complexity index is 1070. The van der Waals surface area contributed by atoms with E-state index in [-0.39, 0.29) is 12.1 Å². The number of hydrogen-bond donors (Lipinski definition) is 1. The number of nitrogens with zero attached hydrogens (tertiary/aromatic N) is 3. The van der Waals surface area contributed by atoms with Crippen LogP contribution in [-0.4, -0.2) is 33.7 Å². The zero-order valence-corrected chi connectivity index (χ0v) is 18.4. The molecule has 150 valence electrons. The highest BCUT2D eigenvalue weighted by Crippen LogP contribution is 2.41. The minimum atomic E-state index is -0.0242. The van der Waals surface area contributed by atoms with Crippen LogP contribution >= 0.6 is 23.8 Å². The van der Waals surface area contributed by atoms with E-state index in [4.69, 9.17) is 28.6 Å². The topological polar surface area (TPSA) is 42.3 Å². The molecule has 0 saturated carbocycles. The molecule has 7 heteroatoms. The highest BCUT2D eigenvalue weighted by molar-refractivity contribution is 7.80. The molecule has 4 rings (SSSR count). The Labute approximate surface area is 181 Å². The monoisotopic (exact) mass is 426 g/mol. The van der Waals surface area contributed by atoms with Gasteiger partial charge in [0.1, 0.15) is 5.75 Å². The maximum absolute atomic E-state index is 6.30. The summed E-state index contributed by atoms with van der Waals surface area (Å²) in [4.78, 5) is 6.68. The standard InChI is InChI=1S/C22H23ClN4OS/c1-13-11-16(14(2)27(13)18-12-15(23)8-9-19(18)28-4)21-20(25-22(29)26(21)3)17-7-5-6-10-24-17/h5-12,20-21H,1-4H3,(H,25,29)/t20-,21+/m0/s1. The first-order valence-electron chi connectivity index (χ1n) is 9.39. The van der Waals surface area contributed by atoms with Gasteiger partial charge in [-0.25, -0.2) is 0 Å². The third-order valence-corrected chi connectivity index (χ3v) is 6.15. The van der Waals surface area contributed by atoms with Gasteiger partial charge in [-0.05, 0) is 68.0 Å². The van der Waals surface area contributed by atoms with Crippen LogP contribution in [0.15, 0.2) is 48.7 Å². The van der Waals surface area contributed by atoms with Crippen molar-refractivity contribution in [2.24, 2.45) is 0 Å². The van der Waals surface area contributed by atoms with Crippen molar-refractivity contribution in [3.05, 3.63) is 76.3 Å². The van der Waals surface area contributed by atoms with Gasteiger partial charge < -0.3 is 19.5 Å². The van der Waals surface area contributed by atoms with Crippen LogP contribution in [0.5, 0.6) is 5.75 Å². The number of pyridine rings is 1. The van der Waals surface area contributed by atoms with Crippen molar-refractivity contribution >= 4 is 28.9 Å². The van der Waals surface area contributed by atoms with Gasteiger partial charge in [0.15, 0.2) is 5.11 Å². The Morgan fingerprint density at radius 2 is 1.97 bits per heavy atom. The molecular weight excluding hydrogens is 404 g/mol. The van der Waals surface area contributed by atoms with E-state index in [0.29, 0.717) is 5.02 Å². The van der Waals surface area contributed by atoms with Crippen LogP contribution < -0.4 is 10.1 Å². The molecule has 1 fully saturated rings. The van der Waals surface area contributed by atoms with Gasteiger partial charge in [-0.2, -0.15) is 0 Å². The number of aromatic nitrogens is 2. The van der Waals surface area contributed by atoms with Gasteiger partial charge in [-0.1, -0.05) is 17.7 Å². The number of likely N-dealkylation sites (N-methyl/N-ethyl adjacent to an activating group) is 1. The number of benzene rings is 1. The molecule has 0 aliphatic carbocycles. The molecule has 0 spiro atoms. The first kappa shape index (κ1) is 19.7. The number of ether oxygens (including phenoxy) is 1. The summed E-state index contributed by atoms with van der Waals surface area (Å²) in [5.74, 6) is 0.775. The molecular formula is C22H23ClN4OS. The number of rotatable bonds is 4. The fourth-order valence-corrected chi connectivity index (χ4v) is 4.55. The largest absolute Gasteiger partial charge is 0.495 e. The van der Waals surface area contributed by atoms with E-state index in [1.807, 2.05) is 49.6 Å². The Morgan fingerprint density at radius 1 is 1.17 bits per heavy atom. The first-order chi connectivity index (χ1) is 13.9. The van der Waals surface area contributed by atoms with E-state index in [1.165, 1.54) is 5.56 Å². The van der Waals surface area contributed by atoms with Crippen LogP contribution in [-0.2, 0) is 0 Å². The molecule has 3 heterocycles. The number of methoxy groups -OCH3 is 1. The van der Waals surface area contributed by atoms with Gasteiger partial charge in [0.2, 0.25) is 0 Å². The van der Waals surface area contributed by atoms with E-state index in [2.05, 4.69) is 39.7 Å². The van der Waals surface area contributed by atoms with E-state index < -0.39 is 0 Å². The molecule has 2 aromatic heterocycles. The van der Waals surface area contributed by atoms with Crippen LogP contribution in [0.25, 0.3) is 5.69 Å². The highest BCUT2D eigenvalue weighted by atomic mass is 35.5. The quantitative estimate of drug-likeness (QED) is 0.609. The number of halogens is 1. The molecule has 5 nitrogen and oxygen atoms in total. The molecule has 1 N–H and O–H groups in total. The molecule has 2 atom stereocenters. The van der Waals surface area contributed by atoms with E-state index >= 15 is 0 Å². The maximum atomic E-state index is 6.30. The van der Waals surface area contributed by atoms with Crippen LogP contribution in [0, 0.1) is 13.8 Å². The number of thiocarbonyl (C=S) groups is 1. The number of nitrogens with one attached hydrogen (secondary N) is 1. The molecule has 1 aliphatic heterocycles. The molecule has 1 saturated heterocycles. The van der Waals surface area contributed by atoms with Crippen molar-refractivity contribution in [1.29, 1.82) is 0 Å². The second kappa shape index (κ2) is 7.69. The third kappa shape index (κ3) is 3.36. The summed E-state index contributed by atoms with van der Waals surface area (Å²) in [6.45, 7) is 4.21. The van der Waals surface area contributed by atoms with E-state index in [1.54, 1.807) is 7.11 Å². The van der Waals surface area contributed by atoms with Crippen molar-refractivity contribution in [3.8, 4) is 11.4 Å². The number of hydrogen-bond acceptors (Lipinski definition) is 3. The Balaban J connectivity index is 1.85. The first-order valence-corrected chi connectivity index (χ1v) is 10.2. The minimum absolute atomic E-state index is 0.0242. The van der Waals surface area contributed by atoms with Crippen molar-refractivity contribution in [1.82, 2.24) is 19.8 Å². The van der Waals surface area contributed by atoms with E-state index in [0.717, 1.165) is 33.6 Å². The fourth-order valence-electron chi connectivity index (χ4n) is 4.14. The fraction of sp³-hybridized carbons (Fsp3) is 0.273. The molecule has 1 aliphatic rings. The summed E-state index contributed by atoms with van der Waals surface area (Å²) < 4.78 is 7.78. The number of aryl methyl sites for hydroxylation is 1. The summed E-state index contributed by atoms with van der Waals surface area (Å²) in [7, 11) is 3.70. The summed E-state index contributed by atoms with van der Waals surface area (Å²) in [5, 5.41) is 4.82. The molecule has 0 amide bonds. The van der Waals surface area contributed by atoms with Crippen molar-refractivity contribution < 1.29 is 4.74 Å². The van der Waals surface area contributed by atoms with Crippen molar-refractivity contribution in [2.45, 2.75) is 25.9 Å². The van der Waals surface area contributed by atoms with Gasteiger partial charge in [0, 0.05) is 29.7 Å². The molecule has 0 unspecified atom stereocenters. The highest BCUT2D eigenvalue weighted by Gasteiger charge is 2.39. The van der Waals surface area contributed by atoms with Gasteiger partial charge >= 0.3 is 0 Å². The van der Waals surface area contributed by atoms with E-state index in [9.17, 15) is 0 Å². The van der Waals surface area contributed by atoms with Crippen molar-refractivity contribution in [3.63, 3.8) is 0 Å². The second-order valence-corrected chi connectivity index (χ2v) is 8.04. The summed E-state index contributed by atoms with van der Waals surface area (Å²) in [6.07, 6.45) is 1.82. The van der Waals surface area contributed by atoms with Crippen LogP contribution in [0.4, 0.5) is 0 Å². The molecule has 3 aromatic rings. The SMILES string of the molecule is COc1ccc(Cl)cc1-n1c(C)cc([C@@H]2[C@H](c3ccccn3)NC(=S)N2C)c1C. The van der Waals surface area contributed by atoms with Gasteiger partial charge in [-0.15, -0.1) is 0 Å². The summed E-state index contributed by atoms with van der Waals surface area (Å²) >= 11 is 11.9.